The SMILES string of the molecule is CC[C@H](C(=O)NC1CCCC1)N(Cc1ccc(F)cc1)C(=O)CN(c1cccc(OC)c1)S(=O)(=O)c1ccccc1. The molecule has 3 aromatic carbocycles. The smallest absolute Gasteiger partial charge is 0.264 e. The normalized spacial score (nSPS) is 14.3. The summed E-state index contributed by atoms with van der Waals surface area (Å²) in [6.07, 6.45) is 4.15. The van der Waals surface area contributed by atoms with Gasteiger partial charge in [0.2, 0.25) is 11.8 Å². The van der Waals surface area contributed by atoms with Gasteiger partial charge in [0.1, 0.15) is 24.2 Å². The summed E-state index contributed by atoms with van der Waals surface area (Å²) in [4.78, 5) is 29.0. The highest BCUT2D eigenvalue weighted by Gasteiger charge is 2.34. The third-order valence-corrected chi connectivity index (χ3v) is 9.09. The van der Waals surface area contributed by atoms with E-state index in [0.717, 1.165) is 30.0 Å². The van der Waals surface area contributed by atoms with E-state index in [1.807, 2.05) is 6.92 Å². The van der Waals surface area contributed by atoms with E-state index in [-0.39, 0.29) is 29.1 Å². The number of benzene rings is 3. The number of hydrogen-bond acceptors (Lipinski definition) is 5. The number of carbonyl (C=O) groups excluding carboxylic acids is 2. The Morgan fingerprint density at radius 3 is 2.32 bits per heavy atom. The van der Waals surface area contributed by atoms with E-state index in [9.17, 15) is 22.4 Å². The lowest BCUT2D eigenvalue weighted by Gasteiger charge is -2.33. The van der Waals surface area contributed by atoms with Gasteiger partial charge in [-0.25, -0.2) is 12.8 Å². The van der Waals surface area contributed by atoms with Gasteiger partial charge in [0.25, 0.3) is 10.0 Å². The first-order chi connectivity index (χ1) is 19.7. The lowest BCUT2D eigenvalue weighted by atomic mass is 10.1. The molecule has 1 aliphatic carbocycles. The van der Waals surface area contributed by atoms with Crippen LogP contribution >= 0.6 is 0 Å². The quantitative estimate of drug-likeness (QED) is 0.329. The molecule has 0 aliphatic heterocycles. The van der Waals surface area contributed by atoms with Crippen LogP contribution in [0.25, 0.3) is 0 Å². The molecular weight excluding hydrogens is 545 g/mol. The topological polar surface area (TPSA) is 96.0 Å². The van der Waals surface area contributed by atoms with Crippen LogP contribution in [0.3, 0.4) is 0 Å². The summed E-state index contributed by atoms with van der Waals surface area (Å²) in [5.74, 6) is -0.844. The Hall–Kier alpha value is -3.92. The molecule has 0 saturated heterocycles. The molecule has 2 amide bonds. The number of nitrogens with zero attached hydrogens (tertiary/aromatic N) is 2. The van der Waals surface area contributed by atoms with E-state index in [1.165, 1.54) is 36.3 Å². The van der Waals surface area contributed by atoms with Gasteiger partial charge >= 0.3 is 0 Å². The standard InChI is InChI=1S/C31H36FN3O5S/c1-3-29(31(37)33-25-10-7-8-11-25)34(21-23-16-18-24(32)19-17-23)30(36)22-35(26-12-9-13-27(20-26)40-2)41(38,39)28-14-5-4-6-15-28/h4-6,9,12-20,25,29H,3,7-8,10-11,21-22H2,1-2H3,(H,33,37)/t29-/m1/s1. The monoisotopic (exact) mass is 581 g/mol. The van der Waals surface area contributed by atoms with E-state index in [2.05, 4.69) is 5.32 Å². The number of hydrogen-bond donors (Lipinski definition) is 1. The number of amides is 2. The molecule has 41 heavy (non-hydrogen) atoms. The van der Waals surface area contributed by atoms with Crippen LogP contribution < -0.4 is 14.4 Å². The highest BCUT2D eigenvalue weighted by atomic mass is 32.2. The number of anilines is 1. The minimum absolute atomic E-state index is 0.00699. The predicted molar refractivity (Wildman–Crippen MR) is 155 cm³/mol. The van der Waals surface area contributed by atoms with E-state index >= 15 is 0 Å². The fraction of sp³-hybridized carbons (Fsp3) is 0.355. The maximum atomic E-state index is 14.1. The Morgan fingerprint density at radius 1 is 1.00 bits per heavy atom. The predicted octanol–water partition coefficient (Wildman–Crippen LogP) is 4.90. The van der Waals surface area contributed by atoms with Crippen molar-refractivity contribution in [3.05, 3.63) is 90.2 Å². The number of nitrogens with one attached hydrogen (secondary N) is 1. The van der Waals surface area contributed by atoms with Gasteiger partial charge in [0.05, 0.1) is 17.7 Å². The molecule has 10 heteroatoms. The second kappa shape index (κ2) is 13.6. The minimum Gasteiger partial charge on any atom is -0.497 e. The van der Waals surface area contributed by atoms with E-state index in [4.69, 9.17) is 4.74 Å². The summed E-state index contributed by atoms with van der Waals surface area (Å²) >= 11 is 0. The van der Waals surface area contributed by atoms with E-state index < -0.39 is 34.3 Å². The number of halogens is 1. The Kier molecular flexibility index (Phi) is 9.99. The lowest BCUT2D eigenvalue weighted by molar-refractivity contribution is -0.140. The molecule has 1 saturated carbocycles. The maximum Gasteiger partial charge on any atom is 0.264 e. The molecule has 0 radical (unpaired) electrons. The van der Waals surface area contributed by atoms with Crippen molar-refractivity contribution >= 4 is 27.5 Å². The summed E-state index contributed by atoms with van der Waals surface area (Å²) in [5.41, 5.74) is 0.859. The Bertz CT molecular complexity index is 1430. The van der Waals surface area contributed by atoms with Crippen LogP contribution in [-0.4, -0.2) is 50.9 Å². The third kappa shape index (κ3) is 7.43. The second-order valence-corrected chi connectivity index (χ2v) is 12.0. The van der Waals surface area contributed by atoms with Crippen LogP contribution in [0.15, 0.2) is 83.8 Å². The molecule has 8 nitrogen and oxygen atoms in total. The van der Waals surface area contributed by atoms with Crippen molar-refractivity contribution in [3.63, 3.8) is 0 Å². The van der Waals surface area contributed by atoms with Crippen LogP contribution in [0.1, 0.15) is 44.6 Å². The molecule has 4 rings (SSSR count). The van der Waals surface area contributed by atoms with Crippen molar-refractivity contribution in [2.45, 2.75) is 62.6 Å². The Labute approximate surface area is 241 Å². The van der Waals surface area contributed by atoms with Crippen LogP contribution in [0.5, 0.6) is 5.75 Å². The second-order valence-electron chi connectivity index (χ2n) is 10.1. The largest absolute Gasteiger partial charge is 0.497 e. The summed E-state index contributed by atoms with van der Waals surface area (Å²) < 4.78 is 47.8. The van der Waals surface area contributed by atoms with Crippen LogP contribution in [-0.2, 0) is 26.2 Å². The van der Waals surface area contributed by atoms with Gasteiger partial charge in [-0.3, -0.25) is 13.9 Å². The van der Waals surface area contributed by atoms with Gasteiger partial charge in [-0.2, -0.15) is 0 Å². The molecule has 0 unspecified atom stereocenters. The molecule has 218 valence electrons. The van der Waals surface area contributed by atoms with E-state index in [1.54, 1.807) is 54.6 Å². The first-order valence-corrected chi connectivity index (χ1v) is 15.2. The molecule has 0 bridgehead atoms. The third-order valence-electron chi connectivity index (χ3n) is 7.31. The van der Waals surface area contributed by atoms with Crippen LogP contribution in [0.4, 0.5) is 10.1 Å². The summed E-state index contributed by atoms with van der Waals surface area (Å²) in [7, 11) is -2.71. The Morgan fingerprint density at radius 2 is 1.68 bits per heavy atom. The zero-order valence-electron chi connectivity index (χ0n) is 23.3. The Balaban J connectivity index is 1.71. The van der Waals surface area contributed by atoms with Crippen LogP contribution in [0, 0.1) is 5.82 Å². The van der Waals surface area contributed by atoms with Gasteiger partial charge in [-0.05, 0) is 61.2 Å². The van der Waals surface area contributed by atoms with Gasteiger partial charge in [0.15, 0.2) is 0 Å². The summed E-state index contributed by atoms with van der Waals surface area (Å²) in [5, 5.41) is 3.08. The van der Waals surface area contributed by atoms with Crippen molar-refractivity contribution < 1.29 is 27.1 Å². The molecular formula is C31H36FN3O5S. The average molecular weight is 582 g/mol. The lowest BCUT2D eigenvalue weighted by Crippen LogP contribution is -2.53. The molecule has 0 heterocycles. The van der Waals surface area contributed by atoms with Crippen molar-refractivity contribution in [2.75, 3.05) is 18.0 Å². The van der Waals surface area contributed by atoms with Gasteiger partial charge in [-0.15, -0.1) is 0 Å². The van der Waals surface area contributed by atoms with Crippen molar-refractivity contribution in [1.29, 1.82) is 0 Å². The minimum atomic E-state index is -4.18. The molecule has 1 atom stereocenters. The first-order valence-electron chi connectivity index (χ1n) is 13.8. The fourth-order valence-corrected chi connectivity index (χ4v) is 6.51. The molecule has 1 fully saturated rings. The first kappa shape index (κ1) is 30.0. The number of methoxy groups -OCH3 is 1. The van der Waals surface area contributed by atoms with E-state index in [0.29, 0.717) is 17.7 Å². The summed E-state index contributed by atoms with van der Waals surface area (Å²) in [6, 6.07) is 19.2. The number of rotatable bonds is 12. The van der Waals surface area contributed by atoms with Gasteiger partial charge in [0, 0.05) is 18.7 Å². The molecule has 0 spiro atoms. The number of sulfonamides is 1. The fourth-order valence-electron chi connectivity index (χ4n) is 5.09. The van der Waals surface area contributed by atoms with Crippen LogP contribution in [0.2, 0.25) is 0 Å². The van der Waals surface area contributed by atoms with Crippen molar-refractivity contribution in [1.82, 2.24) is 10.2 Å². The highest BCUT2D eigenvalue weighted by molar-refractivity contribution is 7.92. The van der Waals surface area contributed by atoms with Crippen molar-refractivity contribution in [3.8, 4) is 5.75 Å². The molecule has 0 aromatic heterocycles. The average Bonchev–Trinajstić information content (AvgIpc) is 3.50. The zero-order chi connectivity index (χ0) is 29.4. The summed E-state index contributed by atoms with van der Waals surface area (Å²) in [6.45, 7) is 1.26. The highest BCUT2D eigenvalue weighted by Crippen LogP contribution is 2.28. The number of ether oxygens (including phenoxy) is 1. The molecule has 3 aromatic rings. The maximum absolute atomic E-state index is 14.1. The number of carbonyl (C=O) groups is 2. The van der Waals surface area contributed by atoms with Crippen molar-refractivity contribution in [2.24, 2.45) is 0 Å². The van der Waals surface area contributed by atoms with Gasteiger partial charge in [-0.1, -0.05) is 56.2 Å². The van der Waals surface area contributed by atoms with Gasteiger partial charge < -0.3 is 15.0 Å². The zero-order valence-corrected chi connectivity index (χ0v) is 24.1. The molecule has 1 N–H and O–H groups in total. The molecule has 1 aliphatic rings.